The fraction of sp³-hybridized carbons (Fsp3) is 0.567. The van der Waals surface area contributed by atoms with Gasteiger partial charge >= 0.3 is 5.97 Å². The minimum Gasteiger partial charge on any atom is -0.469 e. The minimum atomic E-state index is -0.517. The van der Waals surface area contributed by atoms with Crippen molar-refractivity contribution in [1.82, 2.24) is 29.9 Å². The number of halogens is 1. The lowest BCUT2D eigenvalue weighted by Crippen LogP contribution is -2.46. The third-order valence-electron chi connectivity index (χ3n) is 8.27. The highest BCUT2D eigenvalue weighted by Gasteiger charge is 2.21. The summed E-state index contributed by atoms with van der Waals surface area (Å²) in [6.07, 6.45) is 11.7. The number of benzene rings is 1. The molecule has 41 heavy (non-hydrogen) atoms. The summed E-state index contributed by atoms with van der Waals surface area (Å²) in [5, 5.41) is 11.6. The van der Waals surface area contributed by atoms with Gasteiger partial charge in [-0.15, -0.1) is 5.10 Å². The largest absolute Gasteiger partial charge is 0.469 e. The van der Waals surface area contributed by atoms with Gasteiger partial charge in [0.2, 0.25) is 5.95 Å². The maximum Gasteiger partial charge on any atom is 0.308 e. The number of piperazine rings is 1. The number of nitrogens with zero attached hydrogens (tertiary/aromatic N) is 7. The second kappa shape index (κ2) is 13.8. The van der Waals surface area contributed by atoms with E-state index >= 15 is 0 Å². The van der Waals surface area contributed by atoms with Crippen LogP contribution < -0.4 is 10.2 Å². The molecule has 0 bridgehead atoms. The average Bonchev–Trinajstić information content (AvgIpc) is 3.71. The van der Waals surface area contributed by atoms with E-state index in [0.717, 1.165) is 76.9 Å². The Balaban J connectivity index is 1.08. The van der Waals surface area contributed by atoms with E-state index in [1.165, 1.54) is 31.8 Å². The Bertz CT molecular complexity index is 1270. The highest BCUT2D eigenvalue weighted by atomic mass is 19.1. The van der Waals surface area contributed by atoms with Crippen LogP contribution in [0.2, 0.25) is 0 Å². The van der Waals surface area contributed by atoms with Crippen LogP contribution >= 0.6 is 0 Å². The predicted octanol–water partition coefficient (Wildman–Crippen LogP) is 5.22. The van der Waals surface area contributed by atoms with Crippen LogP contribution in [0.25, 0.3) is 11.4 Å². The van der Waals surface area contributed by atoms with Gasteiger partial charge in [0, 0.05) is 37.6 Å². The van der Waals surface area contributed by atoms with E-state index in [1.54, 1.807) is 6.20 Å². The molecule has 1 saturated heterocycles. The molecular weight excluding hydrogens is 523 g/mol. The van der Waals surface area contributed by atoms with E-state index in [-0.39, 0.29) is 17.6 Å². The summed E-state index contributed by atoms with van der Waals surface area (Å²) in [6.45, 7) is 7.08. The van der Waals surface area contributed by atoms with Crippen molar-refractivity contribution in [2.24, 2.45) is 5.92 Å². The molecule has 1 atom stereocenters. The lowest BCUT2D eigenvalue weighted by molar-refractivity contribution is -0.145. The molecule has 2 aromatic heterocycles. The van der Waals surface area contributed by atoms with E-state index in [2.05, 4.69) is 47.5 Å². The lowest BCUT2D eigenvalue weighted by Gasteiger charge is -2.36. The summed E-state index contributed by atoms with van der Waals surface area (Å²) >= 11 is 0. The Labute approximate surface area is 241 Å². The first kappa shape index (κ1) is 28.9. The smallest absolute Gasteiger partial charge is 0.308 e. The fourth-order valence-electron chi connectivity index (χ4n) is 5.74. The Morgan fingerprint density at radius 1 is 1.10 bits per heavy atom. The fourth-order valence-corrected chi connectivity index (χ4v) is 5.74. The number of unbranched alkanes of at least 4 members (excludes halogenated alkanes) is 2. The number of carbonyl (C=O) groups is 1. The van der Waals surface area contributed by atoms with E-state index in [9.17, 15) is 9.18 Å². The molecule has 1 unspecified atom stereocenters. The molecule has 220 valence electrons. The maximum absolute atomic E-state index is 14.6. The molecule has 2 aliphatic rings. The van der Waals surface area contributed by atoms with Crippen molar-refractivity contribution < 1.29 is 13.9 Å². The molecule has 0 amide bonds. The van der Waals surface area contributed by atoms with Gasteiger partial charge < -0.3 is 15.0 Å². The molecule has 1 N–H and O–H groups in total. The van der Waals surface area contributed by atoms with Crippen molar-refractivity contribution in [2.45, 2.75) is 64.3 Å². The first-order chi connectivity index (χ1) is 20.0. The molecule has 3 aromatic rings. The normalized spacial score (nSPS) is 17.1. The van der Waals surface area contributed by atoms with Crippen molar-refractivity contribution in [3.05, 3.63) is 42.5 Å². The third kappa shape index (κ3) is 7.58. The average molecular weight is 565 g/mol. The van der Waals surface area contributed by atoms with Crippen molar-refractivity contribution >= 4 is 23.3 Å². The number of anilines is 3. The molecule has 1 aliphatic carbocycles. The third-order valence-corrected chi connectivity index (χ3v) is 8.27. The molecule has 1 aromatic carbocycles. The molecular formula is C30H41FN8O2. The zero-order valence-electron chi connectivity index (χ0n) is 24.1. The number of hydrogen-bond acceptors (Lipinski definition) is 9. The number of aromatic nitrogens is 5. The van der Waals surface area contributed by atoms with Gasteiger partial charge in [0.15, 0.2) is 5.82 Å². The number of methoxy groups -OCH3 is 1. The van der Waals surface area contributed by atoms with Gasteiger partial charge in [-0.3, -0.25) is 9.69 Å². The second-order valence-corrected chi connectivity index (χ2v) is 11.2. The number of esters is 1. The number of nitrogens with one attached hydrogen (secondary N) is 1. The van der Waals surface area contributed by atoms with Crippen molar-refractivity contribution in [1.29, 1.82) is 0 Å². The molecule has 0 radical (unpaired) electrons. The lowest BCUT2D eigenvalue weighted by atomic mass is 10.0. The first-order valence-electron chi connectivity index (χ1n) is 14.9. The molecule has 2 fully saturated rings. The van der Waals surface area contributed by atoms with Gasteiger partial charge in [-0.05, 0) is 56.5 Å². The monoisotopic (exact) mass is 564 g/mol. The van der Waals surface area contributed by atoms with Crippen molar-refractivity contribution in [3.8, 4) is 11.4 Å². The van der Waals surface area contributed by atoms with Crippen LogP contribution in [0.15, 0.2) is 36.7 Å². The van der Waals surface area contributed by atoms with Gasteiger partial charge in [-0.2, -0.15) is 0 Å². The van der Waals surface area contributed by atoms with E-state index in [0.29, 0.717) is 17.7 Å². The SMILES string of the molecule is COC(=O)C(C)CCCCCN1CCN(c2ccc(Nc3ncc(F)c(-c4cn(C5CCCC5)nn4)n3)cc2)CC1. The van der Waals surface area contributed by atoms with Crippen LogP contribution in [0.4, 0.5) is 21.7 Å². The number of hydrogen-bond donors (Lipinski definition) is 1. The quantitative estimate of drug-likeness (QED) is 0.234. The molecule has 0 spiro atoms. The highest BCUT2D eigenvalue weighted by Crippen LogP contribution is 2.30. The Morgan fingerprint density at radius 3 is 2.59 bits per heavy atom. The summed E-state index contributed by atoms with van der Waals surface area (Å²) in [5.41, 5.74) is 2.58. The Kier molecular flexibility index (Phi) is 9.76. The first-order valence-corrected chi connectivity index (χ1v) is 14.9. The Morgan fingerprint density at radius 2 is 1.85 bits per heavy atom. The Hall–Kier alpha value is -3.60. The molecule has 1 aliphatic heterocycles. The van der Waals surface area contributed by atoms with Crippen LogP contribution in [0.3, 0.4) is 0 Å². The molecule has 5 rings (SSSR count). The zero-order chi connectivity index (χ0) is 28.6. The van der Waals surface area contributed by atoms with Crippen LogP contribution in [0, 0.1) is 11.7 Å². The number of rotatable bonds is 12. The molecule has 11 heteroatoms. The van der Waals surface area contributed by atoms with Gasteiger partial charge in [-0.25, -0.2) is 19.0 Å². The van der Waals surface area contributed by atoms with Gasteiger partial charge in [0.25, 0.3) is 0 Å². The second-order valence-electron chi connectivity index (χ2n) is 11.2. The van der Waals surface area contributed by atoms with Gasteiger partial charge in [0.05, 0.1) is 31.5 Å². The summed E-state index contributed by atoms with van der Waals surface area (Å²) in [7, 11) is 1.45. The number of carbonyl (C=O) groups excluding carboxylic acids is 1. The standard InChI is InChI=1S/C30H41FN8O2/c1-22(29(40)41-2)8-4-3-7-15-37-16-18-38(19-17-37)24-13-11-23(12-14-24)33-30-32-20-26(31)28(34-30)27-21-39(36-35-27)25-9-5-6-10-25/h11-14,20-22,25H,3-10,15-19H2,1-2H3,(H,32,33,34). The van der Waals surface area contributed by atoms with Crippen LogP contribution in [-0.2, 0) is 9.53 Å². The van der Waals surface area contributed by atoms with Crippen LogP contribution in [-0.4, -0.2) is 75.7 Å². The van der Waals surface area contributed by atoms with E-state index in [1.807, 2.05) is 23.7 Å². The minimum absolute atomic E-state index is 0.0138. The summed E-state index contributed by atoms with van der Waals surface area (Å²) in [6, 6.07) is 8.52. The highest BCUT2D eigenvalue weighted by molar-refractivity contribution is 5.71. The van der Waals surface area contributed by atoms with Crippen molar-refractivity contribution in [3.63, 3.8) is 0 Å². The summed E-state index contributed by atoms with van der Waals surface area (Å²) in [4.78, 5) is 25.0. The van der Waals surface area contributed by atoms with Crippen LogP contribution in [0.1, 0.15) is 64.3 Å². The van der Waals surface area contributed by atoms with E-state index in [4.69, 9.17) is 4.74 Å². The molecule has 1 saturated carbocycles. The predicted molar refractivity (Wildman–Crippen MR) is 157 cm³/mol. The molecule has 10 nitrogen and oxygen atoms in total. The summed E-state index contributed by atoms with van der Waals surface area (Å²) in [5.74, 6) is -0.325. The number of ether oxygens (including phenoxy) is 1. The maximum atomic E-state index is 14.6. The van der Waals surface area contributed by atoms with Crippen molar-refractivity contribution in [2.75, 3.05) is 50.1 Å². The van der Waals surface area contributed by atoms with Crippen LogP contribution in [0.5, 0.6) is 0 Å². The van der Waals surface area contributed by atoms with Gasteiger partial charge in [-0.1, -0.05) is 37.8 Å². The summed E-state index contributed by atoms with van der Waals surface area (Å²) < 4.78 is 21.2. The van der Waals surface area contributed by atoms with E-state index < -0.39 is 5.82 Å². The zero-order valence-corrected chi connectivity index (χ0v) is 24.1. The van der Waals surface area contributed by atoms with Gasteiger partial charge in [0.1, 0.15) is 11.4 Å². The topological polar surface area (TPSA) is 101 Å². The molecule has 3 heterocycles.